The van der Waals surface area contributed by atoms with Gasteiger partial charge in [-0.1, -0.05) is 36.9 Å². The van der Waals surface area contributed by atoms with Gasteiger partial charge in [0.25, 0.3) is 0 Å². The number of fused-ring (bicyclic) bond motifs is 2. The van der Waals surface area contributed by atoms with E-state index in [1.54, 1.807) is 6.20 Å². The summed E-state index contributed by atoms with van der Waals surface area (Å²) in [6.45, 7) is 6.34. The van der Waals surface area contributed by atoms with Gasteiger partial charge in [0.1, 0.15) is 11.2 Å². The van der Waals surface area contributed by atoms with Gasteiger partial charge in [-0.3, -0.25) is 15.1 Å². The van der Waals surface area contributed by atoms with Crippen LogP contribution in [0.4, 0.5) is 11.4 Å². The Morgan fingerprint density at radius 1 is 0.900 bits per heavy atom. The van der Waals surface area contributed by atoms with Crippen molar-refractivity contribution in [2.75, 3.05) is 23.3 Å². The molecule has 1 fully saturated rings. The van der Waals surface area contributed by atoms with Gasteiger partial charge in [0, 0.05) is 42.4 Å². The van der Waals surface area contributed by atoms with E-state index in [1.807, 2.05) is 48.9 Å². The third-order valence-corrected chi connectivity index (χ3v) is 7.50. The normalized spacial score (nSPS) is 13.7. The SMILES string of the molecule is C=C(Cc1ccccc1)Nc1cncc(-c2ccc3[nH]nc(-c4cc5c(N6CCCCC6)cncc5[nH]4)c3n2)c1. The van der Waals surface area contributed by atoms with Crippen molar-refractivity contribution in [1.29, 1.82) is 0 Å². The Kier molecular flexibility index (Phi) is 6.20. The van der Waals surface area contributed by atoms with E-state index in [2.05, 4.69) is 66.2 Å². The van der Waals surface area contributed by atoms with Crippen LogP contribution in [0.1, 0.15) is 24.8 Å². The van der Waals surface area contributed by atoms with Gasteiger partial charge in [0.2, 0.25) is 0 Å². The van der Waals surface area contributed by atoms with E-state index in [9.17, 15) is 0 Å². The second kappa shape index (κ2) is 10.3. The second-order valence-electron chi connectivity index (χ2n) is 10.4. The van der Waals surface area contributed by atoms with Crippen LogP contribution in [-0.4, -0.2) is 43.2 Å². The molecule has 1 aliphatic heterocycles. The molecule has 1 aliphatic rings. The molecule has 198 valence electrons. The van der Waals surface area contributed by atoms with Crippen LogP contribution in [0.2, 0.25) is 0 Å². The molecule has 5 aromatic heterocycles. The van der Waals surface area contributed by atoms with Crippen molar-refractivity contribution in [3.05, 3.63) is 97.2 Å². The van der Waals surface area contributed by atoms with Crippen LogP contribution in [0.25, 0.3) is 44.6 Å². The monoisotopic (exact) mass is 526 g/mol. The summed E-state index contributed by atoms with van der Waals surface area (Å²) < 4.78 is 0. The summed E-state index contributed by atoms with van der Waals surface area (Å²) in [6.07, 6.45) is 12.0. The lowest BCUT2D eigenvalue weighted by Gasteiger charge is -2.28. The van der Waals surface area contributed by atoms with Crippen molar-refractivity contribution in [1.82, 2.24) is 30.1 Å². The standard InChI is InChI=1S/C32H30N8/c1-21(14-22-8-4-2-5-9-22)35-24-15-23(17-33-18-24)26-10-11-27-31(37-26)32(39-38-27)28-16-25-29(36-28)19-34-20-30(25)40-12-6-3-7-13-40/h2,4-5,8-11,15-20,35-36H,1,3,6-7,12-14H2,(H,38,39). The summed E-state index contributed by atoms with van der Waals surface area (Å²) in [5.41, 5.74) is 10.3. The molecule has 0 amide bonds. The van der Waals surface area contributed by atoms with Crippen LogP contribution in [0.5, 0.6) is 0 Å². The average molecular weight is 527 g/mol. The Morgan fingerprint density at radius 3 is 2.62 bits per heavy atom. The zero-order valence-corrected chi connectivity index (χ0v) is 22.2. The molecule has 40 heavy (non-hydrogen) atoms. The number of pyridine rings is 3. The van der Waals surface area contributed by atoms with E-state index >= 15 is 0 Å². The highest BCUT2D eigenvalue weighted by Crippen LogP contribution is 2.34. The summed E-state index contributed by atoms with van der Waals surface area (Å²) >= 11 is 0. The van der Waals surface area contributed by atoms with Gasteiger partial charge in [0.05, 0.1) is 52.4 Å². The Hall–Kier alpha value is -4.98. The van der Waals surface area contributed by atoms with E-state index in [0.29, 0.717) is 0 Å². The van der Waals surface area contributed by atoms with Gasteiger partial charge in [-0.05, 0) is 49.1 Å². The van der Waals surface area contributed by atoms with E-state index < -0.39 is 0 Å². The predicted molar refractivity (Wildman–Crippen MR) is 161 cm³/mol. The Balaban J connectivity index is 1.19. The van der Waals surface area contributed by atoms with Crippen LogP contribution in [0.3, 0.4) is 0 Å². The van der Waals surface area contributed by atoms with E-state index in [1.165, 1.54) is 30.5 Å². The number of rotatable bonds is 7. The molecule has 8 heteroatoms. The summed E-state index contributed by atoms with van der Waals surface area (Å²) in [5.74, 6) is 0. The highest BCUT2D eigenvalue weighted by molar-refractivity contribution is 5.98. The predicted octanol–water partition coefficient (Wildman–Crippen LogP) is 6.72. The van der Waals surface area contributed by atoms with Gasteiger partial charge < -0.3 is 15.2 Å². The minimum absolute atomic E-state index is 0.743. The number of anilines is 2. The number of nitrogens with one attached hydrogen (secondary N) is 3. The largest absolute Gasteiger partial charge is 0.370 e. The molecular formula is C32H30N8. The van der Waals surface area contributed by atoms with Crippen molar-refractivity contribution in [3.63, 3.8) is 0 Å². The molecule has 7 rings (SSSR count). The van der Waals surface area contributed by atoms with Gasteiger partial charge in [0.15, 0.2) is 0 Å². The Labute approximate surface area is 232 Å². The number of H-pyrrole nitrogens is 2. The first-order valence-electron chi connectivity index (χ1n) is 13.7. The van der Waals surface area contributed by atoms with E-state index in [0.717, 1.165) is 75.5 Å². The molecule has 0 atom stereocenters. The molecule has 0 bridgehead atoms. The summed E-state index contributed by atoms with van der Waals surface area (Å²) in [4.78, 5) is 20.0. The zero-order chi connectivity index (χ0) is 26.9. The van der Waals surface area contributed by atoms with Gasteiger partial charge in [-0.25, -0.2) is 4.98 Å². The fourth-order valence-electron chi connectivity index (χ4n) is 5.54. The summed E-state index contributed by atoms with van der Waals surface area (Å²) in [6, 6.07) is 18.5. The van der Waals surface area contributed by atoms with Crippen molar-refractivity contribution < 1.29 is 0 Å². The van der Waals surface area contributed by atoms with Crippen LogP contribution < -0.4 is 10.2 Å². The first-order valence-corrected chi connectivity index (χ1v) is 13.7. The first-order chi connectivity index (χ1) is 19.7. The third kappa shape index (κ3) is 4.68. The number of allylic oxidation sites excluding steroid dienone is 1. The smallest absolute Gasteiger partial charge is 0.135 e. The number of hydrogen-bond donors (Lipinski definition) is 3. The lowest BCUT2D eigenvalue weighted by atomic mass is 10.1. The highest BCUT2D eigenvalue weighted by Gasteiger charge is 2.18. The van der Waals surface area contributed by atoms with Gasteiger partial charge in [-0.2, -0.15) is 5.10 Å². The fraction of sp³-hybridized carbons (Fsp3) is 0.188. The van der Waals surface area contributed by atoms with Gasteiger partial charge in [-0.15, -0.1) is 0 Å². The third-order valence-electron chi connectivity index (χ3n) is 7.50. The van der Waals surface area contributed by atoms with Crippen LogP contribution in [-0.2, 0) is 6.42 Å². The number of benzene rings is 1. The lowest BCUT2D eigenvalue weighted by Crippen LogP contribution is -2.29. The van der Waals surface area contributed by atoms with Crippen LogP contribution >= 0.6 is 0 Å². The summed E-state index contributed by atoms with van der Waals surface area (Å²) in [7, 11) is 0. The van der Waals surface area contributed by atoms with Crippen LogP contribution in [0.15, 0.2) is 91.7 Å². The average Bonchev–Trinajstić information content (AvgIpc) is 3.62. The molecule has 0 saturated carbocycles. The molecule has 0 aliphatic carbocycles. The molecule has 8 nitrogen and oxygen atoms in total. The Bertz CT molecular complexity index is 1810. The maximum atomic E-state index is 5.02. The van der Waals surface area contributed by atoms with Crippen molar-refractivity contribution in [3.8, 4) is 22.6 Å². The quantitative estimate of drug-likeness (QED) is 0.214. The van der Waals surface area contributed by atoms with Crippen molar-refractivity contribution >= 4 is 33.3 Å². The Morgan fingerprint density at radius 2 is 1.75 bits per heavy atom. The molecule has 1 aromatic carbocycles. The number of aromatic nitrogens is 6. The minimum Gasteiger partial charge on any atom is -0.370 e. The van der Waals surface area contributed by atoms with Gasteiger partial charge >= 0.3 is 0 Å². The first kappa shape index (κ1) is 24.1. The maximum absolute atomic E-state index is 5.02. The van der Waals surface area contributed by atoms with E-state index in [-0.39, 0.29) is 0 Å². The zero-order valence-electron chi connectivity index (χ0n) is 22.2. The topological polar surface area (TPSA) is 98.4 Å². The molecule has 6 heterocycles. The number of nitrogens with zero attached hydrogens (tertiary/aromatic N) is 5. The molecule has 0 unspecified atom stereocenters. The molecule has 6 aromatic rings. The number of piperidine rings is 1. The van der Waals surface area contributed by atoms with Crippen LogP contribution in [0, 0.1) is 0 Å². The fourth-order valence-corrected chi connectivity index (χ4v) is 5.54. The number of aromatic amines is 2. The van der Waals surface area contributed by atoms with Crippen molar-refractivity contribution in [2.24, 2.45) is 0 Å². The molecule has 3 N–H and O–H groups in total. The summed E-state index contributed by atoms with van der Waals surface area (Å²) in [5, 5.41) is 12.4. The lowest BCUT2D eigenvalue weighted by molar-refractivity contribution is 0.578. The number of hydrogen-bond acceptors (Lipinski definition) is 6. The second-order valence-corrected chi connectivity index (χ2v) is 10.4. The molecule has 0 radical (unpaired) electrons. The van der Waals surface area contributed by atoms with Crippen molar-refractivity contribution in [2.45, 2.75) is 25.7 Å². The molecular weight excluding hydrogens is 496 g/mol. The van der Waals surface area contributed by atoms with E-state index in [4.69, 9.17) is 4.98 Å². The minimum atomic E-state index is 0.743. The maximum Gasteiger partial charge on any atom is 0.135 e. The highest BCUT2D eigenvalue weighted by atomic mass is 15.1. The molecule has 1 saturated heterocycles. The molecule has 0 spiro atoms.